The molecule has 0 unspecified atom stereocenters. The Morgan fingerprint density at radius 1 is 1.32 bits per heavy atom. The van der Waals surface area contributed by atoms with Gasteiger partial charge in [-0.2, -0.15) is 5.10 Å². The first-order chi connectivity index (χ1) is 10.5. The molecule has 0 spiro atoms. The number of carbonyl (C=O) groups is 1. The number of anilines is 1. The Labute approximate surface area is 135 Å². The molecule has 0 radical (unpaired) electrons. The highest BCUT2D eigenvalue weighted by Crippen LogP contribution is 2.35. The number of benzene rings is 1. The first-order valence-corrected chi connectivity index (χ1v) is 7.05. The third-order valence-electron chi connectivity index (χ3n) is 3.05. The van der Waals surface area contributed by atoms with Gasteiger partial charge in [-0.05, 0) is 18.2 Å². The molecule has 0 aliphatic heterocycles. The van der Waals surface area contributed by atoms with Crippen LogP contribution in [-0.4, -0.2) is 32.8 Å². The lowest BCUT2D eigenvalue weighted by atomic mass is 10.1. The van der Waals surface area contributed by atoms with Crippen LogP contribution in [0.2, 0.25) is 10.0 Å². The molecule has 0 saturated carbocycles. The van der Waals surface area contributed by atoms with E-state index in [0.29, 0.717) is 32.3 Å². The Balaban J connectivity index is 2.22. The number of nitrogens with one attached hydrogen (secondary N) is 2. The van der Waals surface area contributed by atoms with E-state index in [1.807, 2.05) is 0 Å². The molecule has 3 N–H and O–H groups in total. The topological polar surface area (TPSA) is 90.9 Å². The number of aromatic amines is 1. The maximum absolute atomic E-state index is 10.8. The lowest BCUT2D eigenvalue weighted by Gasteiger charge is -2.12. The van der Waals surface area contributed by atoms with Gasteiger partial charge in [0, 0.05) is 27.9 Å². The van der Waals surface area contributed by atoms with E-state index in [4.69, 9.17) is 28.3 Å². The highest BCUT2D eigenvalue weighted by Gasteiger charge is 2.13. The summed E-state index contributed by atoms with van der Waals surface area (Å²) >= 11 is 12.3. The van der Waals surface area contributed by atoms with Gasteiger partial charge < -0.3 is 10.4 Å². The van der Waals surface area contributed by atoms with Crippen molar-refractivity contribution in [1.82, 2.24) is 15.2 Å². The zero-order valence-corrected chi connectivity index (χ0v) is 12.6. The van der Waals surface area contributed by atoms with E-state index >= 15 is 0 Å². The van der Waals surface area contributed by atoms with Crippen LogP contribution in [0.5, 0.6) is 0 Å². The van der Waals surface area contributed by atoms with E-state index in [9.17, 15) is 4.79 Å². The van der Waals surface area contributed by atoms with Crippen molar-refractivity contribution >= 4 is 45.8 Å². The fraction of sp³-hybridized carbons (Fsp3) is 0.0714. The smallest absolute Gasteiger partial charge is 0.322 e. The quantitative estimate of drug-likeness (QED) is 0.678. The van der Waals surface area contributed by atoms with Crippen molar-refractivity contribution in [2.45, 2.75) is 0 Å². The summed E-state index contributed by atoms with van der Waals surface area (Å²) in [5.74, 6) is -0.972. The second kappa shape index (κ2) is 5.82. The van der Waals surface area contributed by atoms with Gasteiger partial charge in [-0.1, -0.05) is 23.2 Å². The number of nitrogens with zero attached hydrogens (tertiary/aromatic N) is 2. The summed E-state index contributed by atoms with van der Waals surface area (Å²) in [6, 6.07) is 5.00. The molecule has 0 saturated heterocycles. The molecule has 6 nitrogen and oxygen atoms in total. The van der Waals surface area contributed by atoms with Crippen LogP contribution < -0.4 is 5.32 Å². The summed E-state index contributed by atoms with van der Waals surface area (Å²) in [5, 5.41) is 19.8. The molecule has 3 aromatic rings. The zero-order valence-electron chi connectivity index (χ0n) is 11.1. The second-order valence-electron chi connectivity index (χ2n) is 4.57. The van der Waals surface area contributed by atoms with Gasteiger partial charge in [-0.3, -0.25) is 9.89 Å². The SMILES string of the molecule is O=C(O)CNc1cc(-c2cn[nH]c2)nc2cc(Cl)cc(Cl)c12. The van der Waals surface area contributed by atoms with Gasteiger partial charge in [0.2, 0.25) is 0 Å². The van der Waals surface area contributed by atoms with Gasteiger partial charge in [0.15, 0.2) is 0 Å². The number of aromatic nitrogens is 3. The summed E-state index contributed by atoms with van der Waals surface area (Å²) in [5.41, 5.74) is 2.55. The highest BCUT2D eigenvalue weighted by molar-refractivity contribution is 6.39. The van der Waals surface area contributed by atoms with Crippen molar-refractivity contribution in [3.63, 3.8) is 0 Å². The number of fused-ring (bicyclic) bond motifs is 1. The number of carboxylic acids is 1. The van der Waals surface area contributed by atoms with E-state index in [0.717, 1.165) is 5.56 Å². The number of halogens is 2. The van der Waals surface area contributed by atoms with E-state index in [1.54, 1.807) is 30.6 Å². The van der Waals surface area contributed by atoms with E-state index in [2.05, 4.69) is 20.5 Å². The summed E-state index contributed by atoms with van der Waals surface area (Å²) in [6.07, 6.45) is 3.32. The van der Waals surface area contributed by atoms with Crippen LogP contribution in [0.4, 0.5) is 5.69 Å². The van der Waals surface area contributed by atoms with Crippen molar-refractivity contribution in [3.8, 4) is 11.3 Å². The number of carboxylic acid groups (broad SMARTS) is 1. The molecule has 0 aliphatic carbocycles. The summed E-state index contributed by atoms with van der Waals surface area (Å²) < 4.78 is 0. The molecule has 1 aromatic carbocycles. The average Bonchev–Trinajstić information content (AvgIpc) is 2.97. The first kappa shape index (κ1) is 14.6. The average molecular weight is 337 g/mol. The van der Waals surface area contributed by atoms with Crippen molar-refractivity contribution in [2.75, 3.05) is 11.9 Å². The van der Waals surface area contributed by atoms with Crippen LogP contribution in [0.15, 0.2) is 30.6 Å². The van der Waals surface area contributed by atoms with Crippen LogP contribution in [0.25, 0.3) is 22.2 Å². The van der Waals surface area contributed by atoms with Crippen molar-refractivity contribution in [3.05, 3.63) is 40.6 Å². The monoisotopic (exact) mass is 336 g/mol. The Bertz CT molecular complexity index is 850. The van der Waals surface area contributed by atoms with E-state index in [-0.39, 0.29) is 6.54 Å². The molecule has 0 atom stereocenters. The molecule has 0 aliphatic rings. The molecule has 0 bridgehead atoms. The molecule has 0 amide bonds. The molecule has 0 fully saturated rings. The van der Waals surface area contributed by atoms with E-state index in [1.165, 1.54) is 0 Å². The van der Waals surface area contributed by atoms with Gasteiger partial charge in [0.25, 0.3) is 0 Å². The number of H-pyrrole nitrogens is 1. The molecule has 2 heterocycles. The minimum Gasteiger partial charge on any atom is -0.480 e. The van der Waals surface area contributed by atoms with Gasteiger partial charge in [-0.25, -0.2) is 4.98 Å². The highest BCUT2D eigenvalue weighted by atomic mass is 35.5. The number of rotatable bonds is 4. The van der Waals surface area contributed by atoms with Crippen LogP contribution in [-0.2, 0) is 4.79 Å². The van der Waals surface area contributed by atoms with Gasteiger partial charge in [0.05, 0.1) is 22.4 Å². The number of hydrogen-bond acceptors (Lipinski definition) is 4. The fourth-order valence-electron chi connectivity index (χ4n) is 2.13. The molecule has 2 aromatic heterocycles. The molecule has 8 heteroatoms. The van der Waals surface area contributed by atoms with Crippen molar-refractivity contribution in [2.24, 2.45) is 0 Å². The Morgan fingerprint density at radius 2 is 2.14 bits per heavy atom. The normalized spacial score (nSPS) is 10.8. The lowest BCUT2D eigenvalue weighted by molar-refractivity contribution is -0.134. The second-order valence-corrected chi connectivity index (χ2v) is 5.41. The van der Waals surface area contributed by atoms with Crippen LogP contribution in [0, 0.1) is 0 Å². The van der Waals surface area contributed by atoms with Crippen LogP contribution >= 0.6 is 23.2 Å². The zero-order chi connectivity index (χ0) is 15.7. The van der Waals surface area contributed by atoms with Crippen LogP contribution in [0.3, 0.4) is 0 Å². The van der Waals surface area contributed by atoms with E-state index < -0.39 is 5.97 Å². The third kappa shape index (κ3) is 2.84. The van der Waals surface area contributed by atoms with Crippen molar-refractivity contribution in [1.29, 1.82) is 0 Å². The van der Waals surface area contributed by atoms with Gasteiger partial charge in [0.1, 0.15) is 6.54 Å². The van der Waals surface area contributed by atoms with Crippen molar-refractivity contribution < 1.29 is 9.90 Å². The first-order valence-electron chi connectivity index (χ1n) is 6.29. The van der Waals surface area contributed by atoms with Gasteiger partial charge >= 0.3 is 5.97 Å². The Kier molecular flexibility index (Phi) is 3.87. The Hall–Kier alpha value is -2.31. The standard InChI is InChI=1S/C14H10Cl2N4O2/c15-8-1-9(16)14-11(17-6-13(21)22)3-10(20-12(14)2-8)7-4-18-19-5-7/h1-5H,6H2,(H,17,20)(H,18,19)(H,21,22). The summed E-state index contributed by atoms with van der Waals surface area (Å²) in [7, 11) is 0. The Morgan fingerprint density at radius 3 is 2.82 bits per heavy atom. The van der Waals surface area contributed by atoms with Crippen LogP contribution in [0.1, 0.15) is 0 Å². The molecular weight excluding hydrogens is 327 g/mol. The summed E-state index contributed by atoms with van der Waals surface area (Å²) in [4.78, 5) is 15.3. The minimum absolute atomic E-state index is 0.233. The maximum atomic E-state index is 10.8. The largest absolute Gasteiger partial charge is 0.480 e. The predicted molar refractivity (Wildman–Crippen MR) is 85.5 cm³/mol. The number of pyridine rings is 1. The minimum atomic E-state index is -0.972. The molecular formula is C14H10Cl2N4O2. The maximum Gasteiger partial charge on any atom is 0.322 e. The lowest BCUT2D eigenvalue weighted by Crippen LogP contribution is -2.12. The fourth-order valence-corrected chi connectivity index (χ4v) is 2.72. The molecule has 112 valence electrons. The molecule has 22 heavy (non-hydrogen) atoms. The van der Waals surface area contributed by atoms with Gasteiger partial charge in [-0.15, -0.1) is 0 Å². The molecule has 3 rings (SSSR count). The summed E-state index contributed by atoms with van der Waals surface area (Å²) in [6.45, 7) is -0.233. The number of hydrogen-bond donors (Lipinski definition) is 3. The number of aliphatic carboxylic acids is 1. The predicted octanol–water partition coefficient (Wildman–Crippen LogP) is 3.43. The third-order valence-corrected chi connectivity index (χ3v) is 3.57.